The van der Waals surface area contributed by atoms with Crippen molar-refractivity contribution in [3.8, 4) is 5.75 Å². The second-order valence-electron chi connectivity index (χ2n) is 6.36. The first-order chi connectivity index (χ1) is 11.0. The van der Waals surface area contributed by atoms with E-state index in [-0.39, 0.29) is 5.41 Å². The van der Waals surface area contributed by atoms with Gasteiger partial charge in [-0.25, -0.2) is 4.58 Å². The molecule has 3 heteroatoms. The third-order valence-corrected chi connectivity index (χ3v) is 4.66. The van der Waals surface area contributed by atoms with Crippen molar-refractivity contribution in [1.29, 1.82) is 0 Å². The first-order valence-electron chi connectivity index (χ1n) is 7.90. The quantitative estimate of drug-likeness (QED) is 0.603. The Hall–Kier alpha value is -2.42. The largest absolute Gasteiger partial charge is 0.497 e. The maximum absolute atomic E-state index is 5.17. The van der Waals surface area contributed by atoms with Gasteiger partial charge in [0.2, 0.25) is 5.69 Å². The minimum absolute atomic E-state index is 0.0390. The third-order valence-electron chi connectivity index (χ3n) is 4.66. The van der Waals surface area contributed by atoms with Crippen molar-refractivity contribution in [2.75, 3.05) is 14.2 Å². The molecule has 0 saturated heterocycles. The maximum Gasteiger partial charge on any atom is 0.209 e. The highest BCUT2D eigenvalue weighted by Gasteiger charge is 2.43. The zero-order chi connectivity index (χ0) is 16.4. The van der Waals surface area contributed by atoms with Crippen LogP contribution in [0.25, 0.3) is 0 Å². The molecule has 0 bridgehead atoms. The van der Waals surface area contributed by atoms with Crippen LogP contribution in [-0.2, 0) is 5.41 Å². The molecular formula is C20H23N2O+. The summed E-state index contributed by atoms with van der Waals surface area (Å²) in [6, 6.07) is 16.4. The highest BCUT2D eigenvalue weighted by Crippen LogP contribution is 2.39. The minimum atomic E-state index is 0.0390. The third kappa shape index (κ3) is 2.79. The average molecular weight is 307 g/mol. The summed E-state index contributed by atoms with van der Waals surface area (Å²) in [6.07, 6.45) is 2.84. The van der Waals surface area contributed by atoms with Gasteiger partial charge >= 0.3 is 0 Å². The monoisotopic (exact) mass is 307 g/mol. The van der Waals surface area contributed by atoms with Crippen LogP contribution in [0.2, 0.25) is 0 Å². The molecule has 3 rings (SSSR count). The zero-order valence-electron chi connectivity index (χ0n) is 14.2. The molecule has 0 fully saturated rings. The van der Waals surface area contributed by atoms with Gasteiger partial charge in [-0.2, -0.15) is 0 Å². The number of hydrogen-bond acceptors (Lipinski definition) is 2. The SMILES string of the molecule is COc1ccc(N=CCC2=[N+](C)c3ccccc3C2(C)C)cc1. The van der Waals surface area contributed by atoms with Crippen molar-refractivity contribution in [3.05, 3.63) is 54.1 Å². The average Bonchev–Trinajstić information content (AvgIpc) is 2.76. The molecule has 23 heavy (non-hydrogen) atoms. The van der Waals surface area contributed by atoms with E-state index in [4.69, 9.17) is 4.74 Å². The highest BCUT2D eigenvalue weighted by molar-refractivity contribution is 6.02. The number of fused-ring (bicyclic) bond motifs is 1. The van der Waals surface area contributed by atoms with Crippen LogP contribution in [0, 0.1) is 0 Å². The van der Waals surface area contributed by atoms with Gasteiger partial charge in [-0.1, -0.05) is 18.2 Å². The predicted molar refractivity (Wildman–Crippen MR) is 96.1 cm³/mol. The van der Waals surface area contributed by atoms with E-state index in [1.54, 1.807) is 7.11 Å². The van der Waals surface area contributed by atoms with E-state index in [9.17, 15) is 0 Å². The topological polar surface area (TPSA) is 24.6 Å². The van der Waals surface area contributed by atoms with Crippen LogP contribution >= 0.6 is 0 Å². The molecule has 3 nitrogen and oxygen atoms in total. The van der Waals surface area contributed by atoms with E-state index in [1.807, 2.05) is 30.5 Å². The Kier molecular flexibility index (Phi) is 4.03. The summed E-state index contributed by atoms with van der Waals surface area (Å²) in [5, 5.41) is 0. The van der Waals surface area contributed by atoms with Gasteiger partial charge in [0.15, 0.2) is 5.71 Å². The van der Waals surface area contributed by atoms with Crippen LogP contribution in [0.4, 0.5) is 11.4 Å². The van der Waals surface area contributed by atoms with Crippen molar-refractivity contribution in [2.45, 2.75) is 25.7 Å². The smallest absolute Gasteiger partial charge is 0.209 e. The highest BCUT2D eigenvalue weighted by atomic mass is 16.5. The fraction of sp³-hybridized carbons (Fsp3) is 0.300. The molecule has 118 valence electrons. The van der Waals surface area contributed by atoms with Gasteiger partial charge in [0.05, 0.1) is 24.6 Å². The van der Waals surface area contributed by atoms with E-state index in [0.717, 1.165) is 17.9 Å². The maximum atomic E-state index is 5.17. The summed E-state index contributed by atoms with van der Waals surface area (Å²) in [4.78, 5) is 4.58. The van der Waals surface area contributed by atoms with E-state index in [1.165, 1.54) is 17.0 Å². The summed E-state index contributed by atoms with van der Waals surface area (Å²) in [7, 11) is 3.81. The number of nitrogens with zero attached hydrogens (tertiary/aromatic N) is 2. The number of aliphatic imine (C=N–C) groups is 1. The van der Waals surface area contributed by atoms with Crippen molar-refractivity contribution >= 4 is 23.3 Å². The molecular weight excluding hydrogens is 284 g/mol. The summed E-state index contributed by atoms with van der Waals surface area (Å²) in [6.45, 7) is 4.57. The first kappa shape index (κ1) is 15.5. The van der Waals surface area contributed by atoms with Crippen molar-refractivity contribution in [1.82, 2.24) is 0 Å². The molecule has 0 unspecified atom stereocenters. The van der Waals surface area contributed by atoms with Gasteiger partial charge in [-0.3, -0.25) is 4.99 Å². The van der Waals surface area contributed by atoms with Gasteiger partial charge in [-0.15, -0.1) is 0 Å². The van der Waals surface area contributed by atoms with E-state index < -0.39 is 0 Å². The lowest BCUT2D eigenvalue weighted by molar-refractivity contribution is -0.403. The molecule has 1 heterocycles. The molecule has 0 aromatic heterocycles. The summed E-state index contributed by atoms with van der Waals surface area (Å²) in [5.41, 5.74) is 5.04. The van der Waals surface area contributed by atoms with Crippen LogP contribution in [0.1, 0.15) is 25.8 Å². The molecule has 1 aliphatic heterocycles. The zero-order valence-corrected chi connectivity index (χ0v) is 14.2. The molecule has 0 radical (unpaired) electrons. The lowest BCUT2D eigenvalue weighted by Crippen LogP contribution is -2.28. The Balaban J connectivity index is 1.80. The Morgan fingerprint density at radius 2 is 1.78 bits per heavy atom. The van der Waals surface area contributed by atoms with Crippen LogP contribution in [0.5, 0.6) is 5.75 Å². The van der Waals surface area contributed by atoms with Gasteiger partial charge in [0.25, 0.3) is 0 Å². The summed E-state index contributed by atoms with van der Waals surface area (Å²) in [5.74, 6) is 0.852. The lowest BCUT2D eigenvalue weighted by atomic mass is 9.80. The van der Waals surface area contributed by atoms with E-state index >= 15 is 0 Å². The van der Waals surface area contributed by atoms with Crippen molar-refractivity contribution in [3.63, 3.8) is 0 Å². The van der Waals surface area contributed by atoms with Gasteiger partial charge in [-0.05, 0) is 38.1 Å². The summed E-state index contributed by atoms with van der Waals surface area (Å²) >= 11 is 0. The normalized spacial score (nSPS) is 16.0. The van der Waals surface area contributed by atoms with Gasteiger partial charge in [0, 0.05) is 17.8 Å². The molecule has 0 N–H and O–H groups in total. The van der Waals surface area contributed by atoms with Crippen LogP contribution in [0.3, 0.4) is 0 Å². The molecule has 2 aromatic rings. The van der Waals surface area contributed by atoms with Crippen LogP contribution < -0.4 is 4.74 Å². The Morgan fingerprint density at radius 1 is 1.09 bits per heavy atom. The lowest BCUT2D eigenvalue weighted by Gasteiger charge is -2.16. The molecule has 0 saturated carbocycles. The van der Waals surface area contributed by atoms with E-state index in [0.29, 0.717) is 0 Å². The second kappa shape index (κ2) is 5.99. The number of benzene rings is 2. The van der Waals surface area contributed by atoms with Crippen LogP contribution in [0.15, 0.2) is 53.5 Å². The van der Waals surface area contributed by atoms with Crippen molar-refractivity contribution in [2.24, 2.45) is 4.99 Å². The Bertz CT molecular complexity index is 770. The molecule has 0 aliphatic carbocycles. The fourth-order valence-corrected chi connectivity index (χ4v) is 3.31. The van der Waals surface area contributed by atoms with Crippen LogP contribution in [-0.4, -0.2) is 30.7 Å². The summed E-state index contributed by atoms with van der Waals surface area (Å²) < 4.78 is 7.47. The molecule has 0 spiro atoms. The number of rotatable bonds is 4. The Morgan fingerprint density at radius 3 is 2.43 bits per heavy atom. The van der Waals surface area contributed by atoms with Gasteiger partial charge < -0.3 is 4.74 Å². The minimum Gasteiger partial charge on any atom is -0.497 e. The standard InChI is InChI=1S/C20H23N2O/c1-20(2)17-7-5-6-8-18(17)22(3)19(20)13-14-21-15-9-11-16(23-4)12-10-15/h5-12,14H,13H2,1-4H3/q+1. The van der Waals surface area contributed by atoms with E-state index in [2.05, 4.69) is 54.7 Å². The molecule has 0 amide bonds. The first-order valence-corrected chi connectivity index (χ1v) is 7.90. The molecule has 0 atom stereocenters. The number of hydrogen-bond donors (Lipinski definition) is 0. The van der Waals surface area contributed by atoms with Gasteiger partial charge in [0.1, 0.15) is 12.8 Å². The molecule has 2 aromatic carbocycles. The second-order valence-corrected chi connectivity index (χ2v) is 6.36. The number of para-hydroxylation sites is 1. The predicted octanol–water partition coefficient (Wildman–Crippen LogP) is 4.49. The Labute approximate surface area is 138 Å². The number of methoxy groups -OCH3 is 1. The van der Waals surface area contributed by atoms with Crippen molar-refractivity contribution < 1.29 is 9.31 Å². The number of ether oxygens (including phenoxy) is 1. The molecule has 1 aliphatic rings. The fourth-order valence-electron chi connectivity index (χ4n) is 3.31.